The summed E-state index contributed by atoms with van der Waals surface area (Å²) in [6.07, 6.45) is 0. The summed E-state index contributed by atoms with van der Waals surface area (Å²) in [5, 5.41) is 11.8. The number of nitrogens with zero attached hydrogens (tertiary/aromatic N) is 1. The first-order valence-corrected chi connectivity index (χ1v) is 12.1. The third-order valence-corrected chi connectivity index (χ3v) is 6.84. The van der Waals surface area contributed by atoms with Crippen molar-refractivity contribution in [3.05, 3.63) is 104 Å². The van der Waals surface area contributed by atoms with E-state index in [0.29, 0.717) is 16.3 Å². The van der Waals surface area contributed by atoms with Gasteiger partial charge in [0.25, 0.3) is 11.7 Å². The van der Waals surface area contributed by atoms with Crippen LogP contribution in [0.25, 0.3) is 5.76 Å². The number of carbonyl (C=O) groups is 2. The van der Waals surface area contributed by atoms with Crippen LogP contribution in [-0.2, 0) is 15.0 Å². The summed E-state index contributed by atoms with van der Waals surface area (Å²) < 4.78 is 0.843. The number of Topliss-reactive ketones (excluding diaryl/α,β-unsaturated/α-hetero) is 1. The second-order valence-electron chi connectivity index (χ2n) is 9.48. The van der Waals surface area contributed by atoms with E-state index >= 15 is 0 Å². The first-order valence-electron chi connectivity index (χ1n) is 10.9. The molecule has 4 nitrogen and oxygen atoms in total. The molecule has 1 saturated heterocycles. The van der Waals surface area contributed by atoms with Crippen LogP contribution >= 0.6 is 27.5 Å². The Morgan fingerprint density at radius 2 is 1.59 bits per heavy atom. The van der Waals surface area contributed by atoms with Crippen molar-refractivity contribution in [1.29, 1.82) is 0 Å². The Kier molecular flexibility index (Phi) is 6.45. The molecule has 1 N–H and O–H groups in total. The molecule has 0 radical (unpaired) electrons. The number of amides is 1. The van der Waals surface area contributed by atoms with E-state index in [1.165, 1.54) is 4.90 Å². The predicted molar refractivity (Wildman–Crippen MR) is 140 cm³/mol. The average Bonchev–Trinajstić information content (AvgIpc) is 3.04. The van der Waals surface area contributed by atoms with Gasteiger partial charge in [0.15, 0.2) is 0 Å². The Labute approximate surface area is 213 Å². The molecule has 1 atom stereocenters. The van der Waals surface area contributed by atoms with E-state index in [-0.39, 0.29) is 16.7 Å². The molecule has 0 spiro atoms. The van der Waals surface area contributed by atoms with Crippen LogP contribution in [0.2, 0.25) is 5.02 Å². The van der Waals surface area contributed by atoms with E-state index in [9.17, 15) is 14.7 Å². The van der Waals surface area contributed by atoms with Crippen molar-refractivity contribution in [2.75, 3.05) is 4.90 Å². The summed E-state index contributed by atoms with van der Waals surface area (Å²) in [5.74, 6) is -1.61. The fourth-order valence-corrected chi connectivity index (χ4v) is 4.71. The van der Waals surface area contributed by atoms with Crippen molar-refractivity contribution in [2.45, 2.75) is 39.2 Å². The van der Waals surface area contributed by atoms with Crippen molar-refractivity contribution >= 4 is 50.7 Å². The van der Waals surface area contributed by atoms with Crippen LogP contribution in [0.4, 0.5) is 5.69 Å². The molecule has 1 aliphatic heterocycles. The number of ketones is 1. The monoisotopic (exact) mass is 537 g/mol. The van der Waals surface area contributed by atoms with Gasteiger partial charge in [-0.2, -0.15) is 0 Å². The van der Waals surface area contributed by atoms with Crippen LogP contribution in [0.5, 0.6) is 0 Å². The van der Waals surface area contributed by atoms with Gasteiger partial charge < -0.3 is 5.11 Å². The van der Waals surface area contributed by atoms with Gasteiger partial charge in [0.2, 0.25) is 0 Å². The molecule has 6 heteroatoms. The molecule has 1 fully saturated rings. The van der Waals surface area contributed by atoms with Crippen LogP contribution < -0.4 is 4.90 Å². The summed E-state index contributed by atoms with van der Waals surface area (Å²) >= 11 is 9.54. The van der Waals surface area contributed by atoms with Crippen molar-refractivity contribution in [3.8, 4) is 0 Å². The second-order valence-corrected chi connectivity index (χ2v) is 10.8. The third-order valence-electron chi connectivity index (χ3n) is 6.07. The summed E-state index contributed by atoms with van der Waals surface area (Å²) in [6.45, 7) is 8.21. The standard InChI is InChI=1S/C28H25BrClNO3/c1-16-15-21(30)13-14-22(16)31-24(17-5-9-19(10-6-17)28(2,3)4)23(26(33)27(31)34)25(32)18-7-11-20(29)12-8-18/h5-15,24,32H,1-4H3/b25-23+. The number of aryl methyl sites for hydroxylation is 1. The second kappa shape index (κ2) is 9.05. The average molecular weight is 539 g/mol. The Balaban J connectivity index is 1.95. The minimum Gasteiger partial charge on any atom is -0.507 e. The number of halogens is 2. The lowest BCUT2D eigenvalue weighted by Crippen LogP contribution is -2.30. The number of benzene rings is 3. The van der Waals surface area contributed by atoms with E-state index in [4.69, 9.17) is 11.6 Å². The highest BCUT2D eigenvalue weighted by Gasteiger charge is 2.47. The van der Waals surface area contributed by atoms with Gasteiger partial charge in [-0.3, -0.25) is 14.5 Å². The zero-order chi connectivity index (χ0) is 24.8. The summed E-state index contributed by atoms with van der Waals surface area (Å²) in [5.41, 5.74) is 3.67. The maximum absolute atomic E-state index is 13.3. The van der Waals surface area contributed by atoms with Gasteiger partial charge in [-0.05, 0) is 59.4 Å². The number of rotatable bonds is 3. The van der Waals surface area contributed by atoms with E-state index < -0.39 is 17.7 Å². The smallest absolute Gasteiger partial charge is 0.300 e. The van der Waals surface area contributed by atoms with Crippen LogP contribution in [0.3, 0.4) is 0 Å². The Morgan fingerprint density at radius 3 is 2.15 bits per heavy atom. The first-order chi connectivity index (χ1) is 16.0. The Hall–Kier alpha value is -2.89. The molecule has 174 valence electrons. The van der Waals surface area contributed by atoms with Gasteiger partial charge in [0.1, 0.15) is 5.76 Å². The fraction of sp³-hybridized carbons (Fsp3) is 0.214. The molecular formula is C28H25BrClNO3. The molecule has 3 aromatic carbocycles. The first kappa shape index (κ1) is 24.2. The van der Waals surface area contributed by atoms with E-state index in [2.05, 4.69) is 36.7 Å². The van der Waals surface area contributed by atoms with E-state index in [1.807, 2.05) is 31.2 Å². The zero-order valence-electron chi connectivity index (χ0n) is 19.4. The Bertz CT molecular complexity index is 1300. The molecule has 1 aliphatic rings. The maximum atomic E-state index is 13.3. The SMILES string of the molecule is Cc1cc(Cl)ccc1N1C(=O)C(=O)/C(=C(/O)c2ccc(Br)cc2)C1c1ccc(C(C)(C)C)cc1. The minimum atomic E-state index is -0.780. The summed E-state index contributed by atoms with van der Waals surface area (Å²) in [6, 6.07) is 19.2. The summed E-state index contributed by atoms with van der Waals surface area (Å²) in [4.78, 5) is 28.1. The fourth-order valence-electron chi connectivity index (χ4n) is 4.21. The quantitative estimate of drug-likeness (QED) is 0.216. The van der Waals surface area contributed by atoms with Gasteiger partial charge in [-0.1, -0.05) is 84.7 Å². The highest BCUT2D eigenvalue weighted by Crippen LogP contribution is 2.43. The number of aliphatic hydroxyl groups is 1. The topological polar surface area (TPSA) is 57.6 Å². The normalized spacial score (nSPS) is 17.9. The molecule has 3 aromatic rings. The predicted octanol–water partition coefficient (Wildman–Crippen LogP) is 7.33. The van der Waals surface area contributed by atoms with Crippen molar-refractivity contribution in [3.63, 3.8) is 0 Å². The molecule has 1 unspecified atom stereocenters. The van der Waals surface area contributed by atoms with Crippen LogP contribution in [0.1, 0.15) is 49.1 Å². The van der Waals surface area contributed by atoms with E-state index in [1.54, 1.807) is 42.5 Å². The van der Waals surface area contributed by atoms with Crippen LogP contribution in [0, 0.1) is 6.92 Å². The molecular weight excluding hydrogens is 514 g/mol. The maximum Gasteiger partial charge on any atom is 0.300 e. The molecule has 1 amide bonds. The lowest BCUT2D eigenvalue weighted by Gasteiger charge is -2.28. The molecule has 0 aliphatic carbocycles. The highest BCUT2D eigenvalue weighted by molar-refractivity contribution is 9.10. The van der Waals surface area contributed by atoms with Crippen molar-refractivity contribution in [2.24, 2.45) is 0 Å². The Morgan fingerprint density at radius 1 is 0.971 bits per heavy atom. The molecule has 34 heavy (non-hydrogen) atoms. The van der Waals surface area contributed by atoms with Crippen molar-refractivity contribution in [1.82, 2.24) is 0 Å². The number of hydrogen-bond donors (Lipinski definition) is 1. The van der Waals surface area contributed by atoms with Crippen molar-refractivity contribution < 1.29 is 14.7 Å². The number of carbonyl (C=O) groups excluding carboxylic acids is 2. The minimum absolute atomic E-state index is 0.0511. The largest absolute Gasteiger partial charge is 0.507 e. The molecule has 0 bridgehead atoms. The zero-order valence-corrected chi connectivity index (χ0v) is 21.7. The van der Waals surface area contributed by atoms with Gasteiger partial charge in [-0.15, -0.1) is 0 Å². The van der Waals surface area contributed by atoms with Crippen LogP contribution in [0.15, 0.2) is 76.8 Å². The van der Waals surface area contributed by atoms with Gasteiger partial charge in [-0.25, -0.2) is 0 Å². The van der Waals surface area contributed by atoms with Gasteiger partial charge in [0.05, 0.1) is 11.6 Å². The highest BCUT2D eigenvalue weighted by atomic mass is 79.9. The third kappa shape index (κ3) is 4.42. The summed E-state index contributed by atoms with van der Waals surface area (Å²) in [7, 11) is 0. The number of aliphatic hydroxyl groups excluding tert-OH is 1. The van der Waals surface area contributed by atoms with Crippen LogP contribution in [-0.4, -0.2) is 16.8 Å². The molecule has 0 aromatic heterocycles. The lowest BCUT2D eigenvalue weighted by atomic mass is 9.85. The van der Waals surface area contributed by atoms with Gasteiger partial charge >= 0.3 is 0 Å². The van der Waals surface area contributed by atoms with Gasteiger partial charge in [0, 0.05) is 20.7 Å². The number of anilines is 1. The number of hydrogen-bond acceptors (Lipinski definition) is 3. The van der Waals surface area contributed by atoms with E-state index in [0.717, 1.165) is 21.2 Å². The molecule has 0 saturated carbocycles. The lowest BCUT2D eigenvalue weighted by molar-refractivity contribution is -0.132. The molecule has 4 rings (SSSR count). The molecule has 1 heterocycles.